The molecule has 5 rings (SSSR count). The van der Waals surface area contributed by atoms with Gasteiger partial charge in [-0.2, -0.15) is 0 Å². The largest absolute Gasteiger partial charge is 0.497 e. The van der Waals surface area contributed by atoms with Gasteiger partial charge in [-0.1, -0.05) is 49.4 Å². The molecule has 0 radical (unpaired) electrons. The number of carbonyl (C=O) groups is 1. The monoisotopic (exact) mass is 629 g/mol. The first-order chi connectivity index (χ1) is 21.9. The number of aryl methyl sites for hydroxylation is 1. The van der Waals surface area contributed by atoms with Gasteiger partial charge in [-0.05, 0) is 69.9 Å². The maximum Gasteiger partial charge on any atom is 0.410 e. The standard InChI is InChI=1S/C37H51N5O4/c1-28-22-31(40-19-16-36(5,26-40)30-10-8-7-9-11-30)23-33(43)42(28)21-18-38-25-37(39-24-29-12-14-32(45-6)15-13-29)17-20-41(27-37)34(44)46-35(2,3)4/h7-15,22-23,38-39H,16-21,24-27H2,1-6H3. The number of amides is 1. The van der Waals surface area contributed by atoms with E-state index in [1.54, 1.807) is 18.1 Å². The fraction of sp³-hybridized carbons (Fsp3) is 0.514. The fourth-order valence-electron chi connectivity index (χ4n) is 6.70. The van der Waals surface area contributed by atoms with Crippen molar-refractivity contribution in [1.82, 2.24) is 20.1 Å². The van der Waals surface area contributed by atoms with Crippen LogP contribution in [0.25, 0.3) is 0 Å². The zero-order chi connectivity index (χ0) is 33.0. The summed E-state index contributed by atoms with van der Waals surface area (Å²) < 4.78 is 12.8. The van der Waals surface area contributed by atoms with Crippen molar-refractivity contribution in [3.05, 3.63) is 93.9 Å². The number of ether oxygens (including phenoxy) is 2. The summed E-state index contributed by atoms with van der Waals surface area (Å²) in [5.41, 5.74) is 3.67. The minimum Gasteiger partial charge on any atom is -0.497 e. The van der Waals surface area contributed by atoms with Gasteiger partial charge in [0.1, 0.15) is 11.4 Å². The van der Waals surface area contributed by atoms with Gasteiger partial charge in [0.15, 0.2) is 0 Å². The summed E-state index contributed by atoms with van der Waals surface area (Å²) in [7, 11) is 1.66. The molecule has 0 spiro atoms. The number of nitrogens with zero attached hydrogens (tertiary/aromatic N) is 3. The Kier molecular flexibility index (Phi) is 10.1. The van der Waals surface area contributed by atoms with E-state index in [-0.39, 0.29) is 22.6 Å². The minimum atomic E-state index is -0.548. The van der Waals surface area contributed by atoms with Gasteiger partial charge >= 0.3 is 6.09 Å². The lowest BCUT2D eigenvalue weighted by atomic mass is 9.82. The SMILES string of the molecule is COc1ccc(CNC2(CNCCn3c(C)cc(N4CCC(C)(c5ccccc5)C4)cc3=O)CCN(C(=O)OC(C)(C)C)C2)cc1. The molecule has 2 aliphatic rings. The first-order valence-electron chi connectivity index (χ1n) is 16.5. The highest BCUT2D eigenvalue weighted by Gasteiger charge is 2.41. The molecule has 3 aromatic rings. The van der Waals surface area contributed by atoms with Crippen molar-refractivity contribution >= 4 is 11.8 Å². The number of hydrogen-bond donors (Lipinski definition) is 2. The number of methoxy groups -OCH3 is 1. The highest BCUT2D eigenvalue weighted by Crippen LogP contribution is 2.36. The van der Waals surface area contributed by atoms with E-state index in [1.807, 2.05) is 44.4 Å². The lowest BCUT2D eigenvalue weighted by Crippen LogP contribution is -2.55. The molecule has 2 unspecified atom stereocenters. The second kappa shape index (κ2) is 13.9. The molecule has 2 atom stereocenters. The molecule has 9 nitrogen and oxygen atoms in total. The highest BCUT2D eigenvalue weighted by molar-refractivity contribution is 5.68. The molecule has 248 valence electrons. The summed E-state index contributed by atoms with van der Waals surface area (Å²) in [6.45, 7) is 15.5. The van der Waals surface area contributed by atoms with Crippen LogP contribution in [0, 0.1) is 6.92 Å². The number of hydrogen-bond acceptors (Lipinski definition) is 7. The Hall–Kier alpha value is -3.82. The van der Waals surface area contributed by atoms with Crippen molar-refractivity contribution in [3.63, 3.8) is 0 Å². The zero-order valence-corrected chi connectivity index (χ0v) is 28.4. The number of rotatable bonds is 11. The third kappa shape index (κ3) is 8.12. The molecule has 1 amide bonds. The number of anilines is 1. The van der Waals surface area contributed by atoms with Gasteiger partial charge in [-0.3, -0.25) is 4.79 Å². The van der Waals surface area contributed by atoms with Crippen molar-refractivity contribution in [2.75, 3.05) is 51.3 Å². The molecule has 1 aromatic heterocycles. The topological polar surface area (TPSA) is 88.1 Å². The molecule has 0 bridgehead atoms. The molecule has 0 aliphatic carbocycles. The van der Waals surface area contributed by atoms with E-state index in [0.717, 1.165) is 48.6 Å². The molecule has 9 heteroatoms. The van der Waals surface area contributed by atoms with E-state index < -0.39 is 5.60 Å². The van der Waals surface area contributed by atoms with Gasteiger partial charge in [-0.25, -0.2) is 4.79 Å². The summed E-state index contributed by atoms with van der Waals surface area (Å²) in [5, 5.41) is 7.35. The number of benzene rings is 2. The maximum atomic E-state index is 13.3. The molecular weight excluding hydrogens is 578 g/mol. The summed E-state index contributed by atoms with van der Waals surface area (Å²) in [6.07, 6.45) is 1.56. The average molecular weight is 630 g/mol. The van der Waals surface area contributed by atoms with Gasteiger partial charge < -0.3 is 34.5 Å². The van der Waals surface area contributed by atoms with Crippen molar-refractivity contribution in [2.45, 2.75) is 77.1 Å². The molecule has 2 aromatic carbocycles. The molecule has 2 aliphatic heterocycles. The Morgan fingerprint density at radius 3 is 2.39 bits per heavy atom. The minimum absolute atomic E-state index is 0.0226. The first kappa shape index (κ1) is 33.5. The van der Waals surface area contributed by atoms with Gasteiger partial charge in [-0.15, -0.1) is 0 Å². The van der Waals surface area contributed by atoms with Crippen molar-refractivity contribution < 1.29 is 14.3 Å². The van der Waals surface area contributed by atoms with Crippen LogP contribution in [0.5, 0.6) is 5.75 Å². The third-order valence-electron chi connectivity index (χ3n) is 9.44. The van der Waals surface area contributed by atoms with Crippen LogP contribution in [0.4, 0.5) is 10.5 Å². The van der Waals surface area contributed by atoms with Crippen LogP contribution in [0.15, 0.2) is 71.5 Å². The second-order valence-electron chi connectivity index (χ2n) is 14.3. The number of nitrogens with one attached hydrogen (secondary N) is 2. The van der Waals surface area contributed by atoms with Crippen LogP contribution in [0.3, 0.4) is 0 Å². The molecule has 0 saturated carbocycles. The summed E-state index contributed by atoms with van der Waals surface area (Å²) in [5.74, 6) is 0.821. The van der Waals surface area contributed by atoms with E-state index in [1.165, 1.54) is 5.56 Å². The zero-order valence-electron chi connectivity index (χ0n) is 28.4. The number of likely N-dealkylation sites (tertiary alicyclic amines) is 1. The molecule has 3 heterocycles. The Balaban J connectivity index is 1.21. The molecular formula is C37H51N5O4. The number of aromatic nitrogens is 1. The molecule has 2 fully saturated rings. The Labute approximate surface area is 273 Å². The highest BCUT2D eigenvalue weighted by atomic mass is 16.6. The quantitative estimate of drug-likeness (QED) is 0.286. The van der Waals surface area contributed by atoms with Crippen LogP contribution in [0.1, 0.15) is 57.4 Å². The predicted octanol–water partition coefficient (Wildman–Crippen LogP) is 5.09. The van der Waals surface area contributed by atoms with Crippen molar-refractivity contribution in [1.29, 1.82) is 0 Å². The molecule has 2 saturated heterocycles. The second-order valence-corrected chi connectivity index (χ2v) is 14.3. The third-order valence-corrected chi connectivity index (χ3v) is 9.44. The van der Waals surface area contributed by atoms with Crippen LogP contribution >= 0.6 is 0 Å². The van der Waals surface area contributed by atoms with E-state index in [9.17, 15) is 9.59 Å². The Bertz CT molecular complexity index is 1530. The van der Waals surface area contributed by atoms with E-state index in [2.05, 4.69) is 71.0 Å². The van der Waals surface area contributed by atoms with E-state index >= 15 is 0 Å². The van der Waals surface area contributed by atoms with Crippen molar-refractivity contribution in [2.24, 2.45) is 0 Å². The van der Waals surface area contributed by atoms with E-state index in [0.29, 0.717) is 39.3 Å². The number of pyridine rings is 1. The fourth-order valence-corrected chi connectivity index (χ4v) is 6.70. The first-order valence-corrected chi connectivity index (χ1v) is 16.5. The van der Waals surface area contributed by atoms with Gasteiger partial charge in [0, 0.05) is 75.2 Å². The van der Waals surface area contributed by atoms with Gasteiger partial charge in [0.2, 0.25) is 0 Å². The Morgan fingerprint density at radius 1 is 0.978 bits per heavy atom. The predicted molar refractivity (Wildman–Crippen MR) is 184 cm³/mol. The Morgan fingerprint density at radius 2 is 1.72 bits per heavy atom. The van der Waals surface area contributed by atoms with Crippen LogP contribution < -0.4 is 25.8 Å². The lowest BCUT2D eigenvalue weighted by molar-refractivity contribution is 0.0280. The smallest absolute Gasteiger partial charge is 0.410 e. The van der Waals surface area contributed by atoms with Gasteiger partial charge in [0.05, 0.1) is 12.6 Å². The van der Waals surface area contributed by atoms with Crippen molar-refractivity contribution in [3.8, 4) is 5.75 Å². The van der Waals surface area contributed by atoms with Crippen LogP contribution in [-0.2, 0) is 23.2 Å². The lowest BCUT2D eigenvalue weighted by Gasteiger charge is -2.32. The number of carbonyl (C=O) groups excluding carboxylic acids is 1. The normalized spacial score (nSPS) is 21.5. The molecule has 46 heavy (non-hydrogen) atoms. The van der Waals surface area contributed by atoms with Crippen LogP contribution in [0.2, 0.25) is 0 Å². The van der Waals surface area contributed by atoms with Gasteiger partial charge in [0.25, 0.3) is 5.56 Å². The van der Waals surface area contributed by atoms with Crippen LogP contribution in [-0.4, -0.2) is 73.1 Å². The summed E-state index contributed by atoms with van der Waals surface area (Å²) in [6, 6.07) is 22.6. The molecule has 2 N–H and O–H groups in total. The summed E-state index contributed by atoms with van der Waals surface area (Å²) >= 11 is 0. The average Bonchev–Trinajstić information content (AvgIpc) is 3.64. The van der Waals surface area contributed by atoms with E-state index in [4.69, 9.17) is 9.47 Å². The maximum absolute atomic E-state index is 13.3. The summed E-state index contributed by atoms with van der Waals surface area (Å²) in [4.78, 5) is 30.4.